The van der Waals surface area contributed by atoms with E-state index in [-0.39, 0.29) is 5.54 Å². The van der Waals surface area contributed by atoms with Crippen molar-refractivity contribution in [1.82, 2.24) is 4.90 Å². The minimum atomic E-state index is 0.109. The van der Waals surface area contributed by atoms with Crippen LogP contribution in [0.5, 0.6) is 0 Å². The van der Waals surface area contributed by atoms with E-state index >= 15 is 0 Å². The van der Waals surface area contributed by atoms with Crippen LogP contribution in [-0.4, -0.2) is 29.0 Å². The lowest BCUT2D eigenvalue weighted by Crippen LogP contribution is -2.58. The summed E-state index contributed by atoms with van der Waals surface area (Å²) in [6, 6.07) is 11.3. The molecule has 1 aromatic carbocycles. The molecule has 1 spiro atoms. The molecule has 2 N–H and O–H groups in total. The molecule has 1 aliphatic carbocycles. The molecule has 20 heavy (non-hydrogen) atoms. The third-order valence-corrected chi connectivity index (χ3v) is 4.96. The Morgan fingerprint density at radius 1 is 1.25 bits per heavy atom. The van der Waals surface area contributed by atoms with Crippen molar-refractivity contribution >= 4 is 5.96 Å². The molecule has 3 nitrogen and oxygen atoms in total. The first-order valence-electron chi connectivity index (χ1n) is 7.79. The van der Waals surface area contributed by atoms with Crippen molar-refractivity contribution in [2.75, 3.05) is 6.54 Å². The van der Waals surface area contributed by atoms with Crippen molar-refractivity contribution in [3.8, 4) is 0 Å². The largest absolute Gasteiger partial charge is 0.370 e. The Morgan fingerprint density at radius 3 is 2.70 bits per heavy atom. The van der Waals surface area contributed by atoms with E-state index in [2.05, 4.69) is 54.1 Å². The average molecular weight is 271 g/mol. The molecule has 0 bridgehead atoms. The smallest absolute Gasteiger partial charge is 0.192 e. The lowest BCUT2D eigenvalue weighted by atomic mass is 9.68. The van der Waals surface area contributed by atoms with Crippen LogP contribution in [-0.2, 0) is 0 Å². The van der Waals surface area contributed by atoms with Gasteiger partial charge in [-0.2, -0.15) is 0 Å². The van der Waals surface area contributed by atoms with Crippen LogP contribution in [0.2, 0.25) is 0 Å². The van der Waals surface area contributed by atoms with E-state index in [0.717, 1.165) is 12.5 Å². The molecule has 0 radical (unpaired) electrons. The summed E-state index contributed by atoms with van der Waals surface area (Å²) < 4.78 is 0. The van der Waals surface area contributed by atoms with Crippen LogP contribution < -0.4 is 5.73 Å². The summed E-state index contributed by atoms with van der Waals surface area (Å²) in [6.07, 6.45) is 5.05. The summed E-state index contributed by atoms with van der Waals surface area (Å²) in [5, 5.41) is 0. The third-order valence-electron chi connectivity index (χ3n) is 4.96. The van der Waals surface area contributed by atoms with Gasteiger partial charge in [-0.05, 0) is 32.3 Å². The normalized spacial score (nSPS) is 30.1. The lowest BCUT2D eigenvalue weighted by Gasteiger charge is -2.49. The van der Waals surface area contributed by atoms with Crippen LogP contribution in [0.4, 0.5) is 0 Å². The number of benzene rings is 1. The number of hydrogen-bond donors (Lipinski definition) is 1. The van der Waals surface area contributed by atoms with E-state index < -0.39 is 0 Å². The third kappa shape index (κ3) is 2.00. The van der Waals surface area contributed by atoms with Crippen molar-refractivity contribution in [2.24, 2.45) is 10.7 Å². The van der Waals surface area contributed by atoms with Gasteiger partial charge in [-0.1, -0.05) is 43.2 Å². The Bertz CT molecular complexity index is 494. The molecule has 0 saturated heterocycles. The molecule has 108 valence electrons. The highest BCUT2D eigenvalue weighted by Gasteiger charge is 2.50. The molecule has 3 heteroatoms. The maximum Gasteiger partial charge on any atom is 0.192 e. The first-order valence-corrected chi connectivity index (χ1v) is 7.79. The SMILES string of the molecule is CC(C)N1C(N)=NCC12CCCCC2c1ccccc1. The van der Waals surface area contributed by atoms with Crippen molar-refractivity contribution in [2.45, 2.75) is 57.0 Å². The zero-order valence-corrected chi connectivity index (χ0v) is 12.5. The molecule has 2 atom stereocenters. The van der Waals surface area contributed by atoms with Gasteiger partial charge in [-0.15, -0.1) is 0 Å². The predicted octanol–water partition coefficient (Wildman–Crippen LogP) is 3.12. The lowest BCUT2D eigenvalue weighted by molar-refractivity contribution is 0.0907. The highest BCUT2D eigenvalue weighted by atomic mass is 15.4. The molecule has 1 aromatic rings. The Balaban J connectivity index is 2.01. The second kappa shape index (κ2) is 5.12. The minimum absolute atomic E-state index is 0.109. The molecule has 1 aliphatic heterocycles. The fraction of sp³-hybridized carbons (Fsp3) is 0.588. The molecule has 0 amide bonds. The highest BCUT2D eigenvalue weighted by molar-refractivity contribution is 5.81. The molecule has 1 saturated carbocycles. The maximum absolute atomic E-state index is 6.20. The van der Waals surface area contributed by atoms with Gasteiger partial charge in [0.25, 0.3) is 0 Å². The highest BCUT2D eigenvalue weighted by Crippen LogP contribution is 2.47. The zero-order chi connectivity index (χ0) is 14.2. The van der Waals surface area contributed by atoms with Crippen molar-refractivity contribution in [1.29, 1.82) is 0 Å². The monoisotopic (exact) mass is 271 g/mol. The molecule has 0 aromatic heterocycles. The molecular weight excluding hydrogens is 246 g/mol. The van der Waals surface area contributed by atoms with Gasteiger partial charge >= 0.3 is 0 Å². The van der Waals surface area contributed by atoms with Gasteiger partial charge in [0.05, 0.1) is 12.1 Å². The minimum Gasteiger partial charge on any atom is -0.370 e. The second-order valence-corrected chi connectivity index (χ2v) is 6.45. The van der Waals surface area contributed by atoms with Crippen LogP contribution in [0.3, 0.4) is 0 Å². The van der Waals surface area contributed by atoms with E-state index in [0.29, 0.717) is 12.0 Å². The van der Waals surface area contributed by atoms with Crippen molar-refractivity contribution in [3.63, 3.8) is 0 Å². The number of nitrogens with two attached hydrogens (primary N) is 1. The Morgan fingerprint density at radius 2 is 2.00 bits per heavy atom. The molecule has 2 unspecified atom stereocenters. The molecule has 2 aliphatic rings. The van der Waals surface area contributed by atoms with Gasteiger partial charge in [0.1, 0.15) is 0 Å². The van der Waals surface area contributed by atoms with Gasteiger partial charge in [0, 0.05) is 12.0 Å². The molecular formula is C17H25N3. The number of aliphatic imine (C=N–C) groups is 1. The van der Waals surface area contributed by atoms with Gasteiger partial charge in [-0.25, -0.2) is 0 Å². The first-order chi connectivity index (χ1) is 9.65. The van der Waals surface area contributed by atoms with E-state index in [9.17, 15) is 0 Å². The van der Waals surface area contributed by atoms with E-state index in [1.165, 1.54) is 31.2 Å². The van der Waals surface area contributed by atoms with Crippen LogP contribution in [0.1, 0.15) is 51.0 Å². The quantitative estimate of drug-likeness (QED) is 0.898. The van der Waals surface area contributed by atoms with Gasteiger partial charge < -0.3 is 10.6 Å². The van der Waals surface area contributed by atoms with Crippen LogP contribution in [0, 0.1) is 0 Å². The topological polar surface area (TPSA) is 41.6 Å². The number of guanidine groups is 1. The summed E-state index contributed by atoms with van der Waals surface area (Å²) in [5.74, 6) is 1.28. The van der Waals surface area contributed by atoms with Crippen molar-refractivity contribution in [3.05, 3.63) is 35.9 Å². The van der Waals surface area contributed by atoms with Crippen molar-refractivity contribution < 1.29 is 0 Å². The standard InChI is InChI=1S/C17H25N3/c1-13(2)20-16(18)19-12-17(20)11-7-6-10-15(17)14-8-4-3-5-9-14/h3-5,8-9,13,15H,6-7,10-12H2,1-2H3,(H2,18,19). The number of nitrogens with zero attached hydrogens (tertiary/aromatic N) is 2. The molecule has 3 rings (SSSR count). The van der Waals surface area contributed by atoms with Crippen LogP contribution >= 0.6 is 0 Å². The fourth-order valence-corrected chi connectivity index (χ4v) is 4.24. The zero-order valence-electron chi connectivity index (χ0n) is 12.5. The summed E-state index contributed by atoms with van der Waals surface area (Å²) in [4.78, 5) is 7.00. The summed E-state index contributed by atoms with van der Waals surface area (Å²) in [7, 11) is 0. The summed E-state index contributed by atoms with van der Waals surface area (Å²) >= 11 is 0. The van der Waals surface area contributed by atoms with E-state index in [1.807, 2.05) is 0 Å². The maximum atomic E-state index is 6.20. The van der Waals surface area contributed by atoms with E-state index in [1.54, 1.807) is 0 Å². The fourth-order valence-electron chi connectivity index (χ4n) is 4.24. The van der Waals surface area contributed by atoms with E-state index in [4.69, 9.17) is 5.73 Å². The Kier molecular flexibility index (Phi) is 3.45. The Hall–Kier alpha value is -1.51. The Labute approximate surface area is 121 Å². The van der Waals surface area contributed by atoms with Crippen LogP contribution in [0.15, 0.2) is 35.3 Å². The summed E-state index contributed by atoms with van der Waals surface area (Å²) in [5.41, 5.74) is 7.76. The summed E-state index contributed by atoms with van der Waals surface area (Å²) in [6.45, 7) is 5.31. The molecule has 1 heterocycles. The molecule has 1 fully saturated rings. The first kappa shape index (κ1) is 13.5. The van der Waals surface area contributed by atoms with Crippen LogP contribution in [0.25, 0.3) is 0 Å². The number of hydrogen-bond acceptors (Lipinski definition) is 3. The average Bonchev–Trinajstić information content (AvgIpc) is 2.78. The predicted molar refractivity (Wildman–Crippen MR) is 83.8 cm³/mol. The van der Waals surface area contributed by atoms with Gasteiger partial charge in [0.15, 0.2) is 5.96 Å². The second-order valence-electron chi connectivity index (χ2n) is 6.45. The number of rotatable bonds is 2. The van der Waals surface area contributed by atoms with Gasteiger partial charge in [-0.3, -0.25) is 4.99 Å². The van der Waals surface area contributed by atoms with Gasteiger partial charge in [0.2, 0.25) is 0 Å².